The maximum atomic E-state index is 11.7. The highest BCUT2D eigenvalue weighted by molar-refractivity contribution is 8.14. The fourth-order valence-corrected chi connectivity index (χ4v) is 3.19. The monoisotopic (exact) mass is 294 g/mol. The molecule has 0 aliphatic carbocycles. The van der Waals surface area contributed by atoms with E-state index in [1.807, 2.05) is 60.7 Å². The van der Waals surface area contributed by atoms with Gasteiger partial charge in [-0.3, -0.25) is 0 Å². The lowest BCUT2D eigenvalue weighted by Gasteiger charge is -2.13. The van der Waals surface area contributed by atoms with Crippen LogP contribution in [0.2, 0.25) is 0 Å². The largest absolute Gasteiger partial charge is 0.236 e. The Kier molecular flexibility index (Phi) is 4.61. The Bertz CT molecular complexity index is 568. The summed E-state index contributed by atoms with van der Waals surface area (Å²) >= 11 is 0. The van der Waals surface area contributed by atoms with Crippen LogP contribution in [-0.4, -0.2) is 13.7 Å². The third-order valence-electron chi connectivity index (χ3n) is 3.01. The summed E-state index contributed by atoms with van der Waals surface area (Å²) in [5, 5.41) is -0.598. The fraction of sp³-hybridized carbons (Fsp3) is 0.200. The molecule has 19 heavy (non-hydrogen) atoms. The molecule has 2 aromatic rings. The molecule has 2 aromatic carbocycles. The minimum Gasteiger partial charge on any atom is -0.212 e. The molecule has 2 rings (SSSR count). The predicted molar refractivity (Wildman–Crippen MR) is 78.9 cm³/mol. The van der Waals surface area contributed by atoms with Crippen LogP contribution in [0.15, 0.2) is 60.7 Å². The van der Waals surface area contributed by atoms with Gasteiger partial charge in [0.2, 0.25) is 9.05 Å². The van der Waals surface area contributed by atoms with Gasteiger partial charge in [-0.25, -0.2) is 8.42 Å². The van der Waals surface area contributed by atoms with Crippen molar-refractivity contribution in [3.05, 3.63) is 71.8 Å². The third kappa shape index (κ3) is 4.37. The van der Waals surface area contributed by atoms with Crippen LogP contribution in [0.25, 0.3) is 0 Å². The first-order valence-electron chi connectivity index (χ1n) is 6.07. The van der Waals surface area contributed by atoms with Gasteiger partial charge < -0.3 is 0 Å². The van der Waals surface area contributed by atoms with Crippen molar-refractivity contribution in [2.45, 2.75) is 18.1 Å². The molecule has 0 unspecified atom stereocenters. The van der Waals surface area contributed by atoms with Crippen molar-refractivity contribution < 1.29 is 8.42 Å². The molecule has 0 heterocycles. The van der Waals surface area contributed by atoms with Gasteiger partial charge in [0.15, 0.2) is 0 Å². The SMILES string of the molecule is O=S(=O)(Cl)C(Cc1ccccc1)Cc1ccccc1. The first-order valence-corrected chi connectivity index (χ1v) is 8.44. The van der Waals surface area contributed by atoms with Gasteiger partial charge >= 0.3 is 0 Å². The Morgan fingerprint density at radius 3 is 1.47 bits per heavy atom. The molecule has 0 aliphatic heterocycles. The van der Waals surface area contributed by atoms with Crippen molar-refractivity contribution in [3.63, 3.8) is 0 Å². The van der Waals surface area contributed by atoms with Crippen molar-refractivity contribution in [2.75, 3.05) is 0 Å². The van der Waals surface area contributed by atoms with E-state index >= 15 is 0 Å². The molecule has 0 aliphatic rings. The molecule has 0 aromatic heterocycles. The summed E-state index contributed by atoms with van der Waals surface area (Å²) in [5.41, 5.74) is 1.96. The van der Waals surface area contributed by atoms with Crippen molar-refractivity contribution in [1.29, 1.82) is 0 Å². The number of halogens is 1. The molecule has 0 N–H and O–H groups in total. The van der Waals surface area contributed by atoms with Crippen LogP contribution in [0, 0.1) is 0 Å². The quantitative estimate of drug-likeness (QED) is 0.792. The van der Waals surface area contributed by atoms with Gasteiger partial charge in [-0.2, -0.15) is 0 Å². The van der Waals surface area contributed by atoms with Crippen LogP contribution >= 0.6 is 10.7 Å². The molecule has 0 bridgehead atoms. The van der Waals surface area contributed by atoms with Crippen molar-refractivity contribution in [2.24, 2.45) is 0 Å². The van der Waals surface area contributed by atoms with Gasteiger partial charge in [-0.1, -0.05) is 60.7 Å². The smallest absolute Gasteiger partial charge is 0.212 e. The average Bonchev–Trinajstić information content (AvgIpc) is 2.39. The maximum absolute atomic E-state index is 11.7. The van der Waals surface area contributed by atoms with E-state index in [4.69, 9.17) is 10.7 Å². The topological polar surface area (TPSA) is 34.1 Å². The van der Waals surface area contributed by atoms with Crippen LogP contribution in [0.4, 0.5) is 0 Å². The van der Waals surface area contributed by atoms with E-state index in [0.717, 1.165) is 11.1 Å². The lowest BCUT2D eigenvalue weighted by atomic mass is 10.0. The highest BCUT2D eigenvalue weighted by atomic mass is 35.7. The predicted octanol–water partition coefficient (Wildman–Crippen LogP) is 3.41. The molecule has 0 atom stereocenters. The Balaban J connectivity index is 2.18. The zero-order valence-electron chi connectivity index (χ0n) is 10.4. The van der Waals surface area contributed by atoms with E-state index in [2.05, 4.69) is 0 Å². The Hall–Kier alpha value is -1.32. The zero-order chi connectivity index (χ0) is 13.7. The Morgan fingerprint density at radius 2 is 1.16 bits per heavy atom. The second-order valence-corrected chi connectivity index (χ2v) is 7.39. The van der Waals surface area contributed by atoms with Crippen LogP contribution in [-0.2, 0) is 21.9 Å². The van der Waals surface area contributed by atoms with Gasteiger partial charge in [0, 0.05) is 10.7 Å². The van der Waals surface area contributed by atoms with Gasteiger partial charge in [0.05, 0.1) is 5.25 Å². The molecule has 2 nitrogen and oxygen atoms in total. The van der Waals surface area contributed by atoms with Gasteiger partial charge in [0.25, 0.3) is 0 Å². The molecule has 0 amide bonds. The van der Waals surface area contributed by atoms with Crippen LogP contribution in [0.1, 0.15) is 11.1 Å². The summed E-state index contributed by atoms with van der Waals surface area (Å²) in [7, 11) is 1.98. The lowest BCUT2D eigenvalue weighted by Crippen LogP contribution is -2.22. The van der Waals surface area contributed by atoms with Gasteiger partial charge in [-0.05, 0) is 24.0 Å². The van der Waals surface area contributed by atoms with Crippen molar-refractivity contribution in [1.82, 2.24) is 0 Å². The van der Waals surface area contributed by atoms with Crippen LogP contribution < -0.4 is 0 Å². The Morgan fingerprint density at radius 1 is 0.789 bits per heavy atom. The first-order chi connectivity index (χ1) is 9.05. The summed E-state index contributed by atoms with van der Waals surface area (Å²) < 4.78 is 23.4. The fourth-order valence-electron chi connectivity index (χ4n) is 2.03. The highest BCUT2D eigenvalue weighted by Gasteiger charge is 2.23. The van der Waals surface area contributed by atoms with Crippen molar-refractivity contribution >= 4 is 19.7 Å². The van der Waals surface area contributed by atoms with E-state index < -0.39 is 14.3 Å². The number of hydrogen-bond donors (Lipinski definition) is 0. The molecule has 0 saturated heterocycles. The highest BCUT2D eigenvalue weighted by Crippen LogP contribution is 2.18. The molecular weight excluding hydrogens is 280 g/mol. The third-order valence-corrected chi connectivity index (χ3v) is 4.90. The van der Waals surface area contributed by atoms with E-state index in [0.29, 0.717) is 12.8 Å². The van der Waals surface area contributed by atoms with E-state index in [1.54, 1.807) is 0 Å². The molecule has 0 saturated carbocycles. The molecule has 100 valence electrons. The maximum Gasteiger partial charge on any atom is 0.236 e. The summed E-state index contributed by atoms with van der Waals surface area (Å²) in [5.74, 6) is 0. The Labute approximate surface area is 118 Å². The van der Waals surface area contributed by atoms with Gasteiger partial charge in [0.1, 0.15) is 0 Å². The standard InChI is InChI=1S/C15H15ClO2S/c16-19(17,18)15(11-13-7-3-1-4-8-13)12-14-9-5-2-6-10-14/h1-10,15H,11-12H2. The normalized spacial score (nSPS) is 11.7. The lowest BCUT2D eigenvalue weighted by molar-refractivity contribution is 0.590. The molecule has 0 spiro atoms. The van der Waals surface area contributed by atoms with Crippen molar-refractivity contribution in [3.8, 4) is 0 Å². The summed E-state index contributed by atoms with van der Waals surface area (Å²) in [6.07, 6.45) is 0.864. The summed E-state index contributed by atoms with van der Waals surface area (Å²) in [6, 6.07) is 19.1. The molecule has 4 heteroatoms. The molecule has 0 fully saturated rings. The second-order valence-electron chi connectivity index (χ2n) is 4.48. The number of rotatable bonds is 5. The van der Waals surface area contributed by atoms with E-state index in [1.165, 1.54) is 0 Å². The summed E-state index contributed by atoms with van der Waals surface area (Å²) in [6.45, 7) is 0. The number of benzene rings is 2. The van der Waals surface area contributed by atoms with Gasteiger partial charge in [-0.15, -0.1) is 0 Å². The van der Waals surface area contributed by atoms with E-state index in [-0.39, 0.29) is 0 Å². The average molecular weight is 295 g/mol. The number of hydrogen-bond acceptors (Lipinski definition) is 2. The molecule has 0 radical (unpaired) electrons. The van der Waals surface area contributed by atoms with Crippen LogP contribution in [0.5, 0.6) is 0 Å². The second kappa shape index (κ2) is 6.22. The minimum atomic E-state index is -3.59. The first kappa shape index (κ1) is 14.1. The van der Waals surface area contributed by atoms with Crippen LogP contribution in [0.3, 0.4) is 0 Å². The summed E-state index contributed by atoms with van der Waals surface area (Å²) in [4.78, 5) is 0. The minimum absolute atomic E-state index is 0.432. The zero-order valence-corrected chi connectivity index (χ0v) is 11.9. The van der Waals surface area contributed by atoms with E-state index in [9.17, 15) is 8.42 Å². The molecular formula is C15H15ClO2S.